The summed E-state index contributed by atoms with van der Waals surface area (Å²) in [4.78, 5) is 2.25. The molecule has 3 nitrogen and oxygen atoms in total. The molecule has 0 fully saturated rings. The fraction of sp³-hybridized carbons (Fsp3) is 0.250. The Morgan fingerprint density at radius 1 is 1.07 bits per heavy atom. The van der Waals surface area contributed by atoms with E-state index in [9.17, 15) is 0 Å². The maximum atomic E-state index is 6.65. The van der Waals surface area contributed by atoms with Gasteiger partial charge in [-0.1, -0.05) is 41.9 Å². The third-order valence-electron chi connectivity index (χ3n) is 5.66. The van der Waals surface area contributed by atoms with Gasteiger partial charge in [0.05, 0.1) is 7.11 Å². The number of hydrogen-bond donors (Lipinski definition) is 1. The zero-order chi connectivity index (χ0) is 19.7. The van der Waals surface area contributed by atoms with Gasteiger partial charge in [-0.15, -0.1) is 0 Å². The number of anilines is 1. The van der Waals surface area contributed by atoms with Crippen molar-refractivity contribution in [2.45, 2.75) is 24.9 Å². The first-order valence-corrected chi connectivity index (χ1v) is 9.91. The summed E-state index contributed by atoms with van der Waals surface area (Å²) < 4.78 is 5.24. The van der Waals surface area contributed by atoms with Crippen molar-refractivity contribution in [1.29, 1.82) is 0 Å². The molecule has 28 heavy (non-hydrogen) atoms. The standard InChI is InChI=1S/C24H25ClN2O/c1-27(15-16-6-10-21(28-2)11-7-16)20-9-8-18-13-22(24(26)23(18)14-20)17-4-3-5-19(25)12-17/h3-12,14,22,24H,13,15,26H2,1-2H3. The van der Waals surface area contributed by atoms with E-state index in [0.29, 0.717) is 0 Å². The quantitative estimate of drug-likeness (QED) is 0.638. The Morgan fingerprint density at radius 3 is 2.57 bits per heavy atom. The average Bonchev–Trinajstić information content (AvgIpc) is 3.04. The normalized spacial score (nSPS) is 18.0. The van der Waals surface area contributed by atoms with Crippen molar-refractivity contribution in [3.63, 3.8) is 0 Å². The van der Waals surface area contributed by atoms with Crippen molar-refractivity contribution in [3.05, 3.63) is 94.0 Å². The van der Waals surface area contributed by atoms with Gasteiger partial charge in [-0.2, -0.15) is 0 Å². The number of ether oxygens (including phenoxy) is 1. The highest BCUT2D eigenvalue weighted by Crippen LogP contribution is 2.42. The Kier molecular flexibility index (Phi) is 5.29. The number of halogens is 1. The van der Waals surface area contributed by atoms with Crippen molar-refractivity contribution in [2.24, 2.45) is 5.73 Å². The number of fused-ring (bicyclic) bond motifs is 1. The highest BCUT2D eigenvalue weighted by atomic mass is 35.5. The summed E-state index contributed by atoms with van der Waals surface area (Å²) in [5.41, 5.74) is 12.9. The summed E-state index contributed by atoms with van der Waals surface area (Å²) in [5.74, 6) is 1.15. The highest BCUT2D eigenvalue weighted by molar-refractivity contribution is 6.30. The van der Waals surface area contributed by atoms with Crippen LogP contribution in [-0.4, -0.2) is 14.2 Å². The van der Waals surface area contributed by atoms with Crippen molar-refractivity contribution >= 4 is 17.3 Å². The monoisotopic (exact) mass is 392 g/mol. The minimum atomic E-state index is -0.0113. The lowest BCUT2D eigenvalue weighted by Crippen LogP contribution is -2.18. The van der Waals surface area contributed by atoms with Crippen LogP contribution in [0.1, 0.15) is 34.2 Å². The van der Waals surface area contributed by atoms with E-state index in [1.54, 1.807) is 7.11 Å². The second-order valence-corrected chi connectivity index (χ2v) is 7.92. The van der Waals surface area contributed by atoms with Crippen LogP contribution in [0, 0.1) is 0 Å². The molecule has 0 aromatic heterocycles. The number of nitrogens with zero attached hydrogens (tertiary/aromatic N) is 1. The largest absolute Gasteiger partial charge is 0.497 e. The first kappa shape index (κ1) is 18.9. The molecule has 0 aliphatic heterocycles. The smallest absolute Gasteiger partial charge is 0.118 e. The molecule has 1 aliphatic rings. The number of hydrogen-bond acceptors (Lipinski definition) is 3. The topological polar surface area (TPSA) is 38.5 Å². The van der Waals surface area contributed by atoms with Crippen LogP contribution in [0.3, 0.4) is 0 Å². The molecule has 1 aliphatic carbocycles. The molecule has 2 unspecified atom stereocenters. The molecular formula is C24H25ClN2O. The molecule has 144 valence electrons. The molecule has 0 saturated heterocycles. The predicted molar refractivity (Wildman–Crippen MR) is 116 cm³/mol. The van der Waals surface area contributed by atoms with Crippen molar-refractivity contribution in [2.75, 3.05) is 19.1 Å². The zero-order valence-corrected chi connectivity index (χ0v) is 17.0. The summed E-state index contributed by atoms with van der Waals surface area (Å²) in [5, 5.41) is 0.764. The first-order chi connectivity index (χ1) is 13.5. The molecule has 4 heteroatoms. The number of methoxy groups -OCH3 is 1. The number of rotatable bonds is 5. The van der Waals surface area contributed by atoms with Crippen LogP contribution >= 0.6 is 11.6 Å². The van der Waals surface area contributed by atoms with Crippen molar-refractivity contribution < 1.29 is 4.74 Å². The minimum Gasteiger partial charge on any atom is -0.497 e. The number of nitrogens with two attached hydrogens (primary N) is 1. The summed E-state index contributed by atoms with van der Waals surface area (Å²) in [6.07, 6.45) is 0.958. The Balaban J connectivity index is 1.53. The van der Waals surface area contributed by atoms with Gasteiger partial charge in [-0.3, -0.25) is 0 Å². The van der Waals surface area contributed by atoms with Crippen LogP contribution in [-0.2, 0) is 13.0 Å². The molecule has 0 bridgehead atoms. The third-order valence-corrected chi connectivity index (χ3v) is 5.89. The molecule has 2 atom stereocenters. The van der Waals surface area contributed by atoms with Gasteiger partial charge in [0.25, 0.3) is 0 Å². The summed E-state index contributed by atoms with van der Waals surface area (Å²) >= 11 is 6.19. The van der Waals surface area contributed by atoms with Crippen LogP contribution in [0.15, 0.2) is 66.7 Å². The average molecular weight is 393 g/mol. The maximum Gasteiger partial charge on any atom is 0.118 e. The van der Waals surface area contributed by atoms with E-state index in [1.807, 2.05) is 30.3 Å². The molecule has 0 heterocycles. The van der Waals surface area contributed by atoms with Crippen molar-refractivity contribution in [1.82, 2.24) is 0 Å². The Labute approximate surface area is 171 Å². The lowest BCUT2D eigenvalue weighted by Gasteiger charge is -2.21. The van der Waals surface area contributed by atoms with E-state index in [2.05, 4.69) is 48.3 Å². The first-order valence-electron chi connectivity index (χ1n) is 9.53. The molecule has 0 spiro atoms. The van der Waals surface area contributed by atoms with E-state index in [4.69, 9.17) is 22.1 Å². The fourth-order valence-corrected chi connectivity index (χ4v) is 4.25. The second-order valence-electron chi connectivity index (χ2n) is 7.48. The van der Waals surface area contributed by atoms with E-state index in [-0.39, 0.29) is 12.0 Å². The Bertz CT molecular complexity index is 971. The third kappa shape index (κ3) is 3.73. The zero-order valence-electron chi connectivity index (χ0n) is 16.2. The van der Waals surface area contributed by atoms with Crippen LogP contribution in [0.5, 0.6) is 5.75 Å². The molecule has 0 amide bonds. The Hall–Kier alpha value is -2.49. The van der Waals surface area contributed by atoms with E-state index < -0.39 is 0 Å². The number of benzene rings is 3. The summed E-state index contributed by atoms with van der Waals surface area (Å²) in [7, 11) is 3.80. The minimum absolute atomic E-state index is 0.0113. The maximum absolute atomic E-state index is 6.65. The highest BCUT2D eigenvalue weighted by Gasteiger charge is 2.31. The van der Waals surface area contributed by atoms with Crippen LogP contribution in [0.2, 0.25) is 5.02 Å². The second kappa shape index (κ2) is 7.86. The SMILES string of the molecule is COc1ccc(CN(C)c2ccc3c(c2)C(N)C(c2cccc(Cl)c2)C3)cc1. The van der Waals surface area contributed by atoms with Gasteiger partial charge in [0.15, 0.2) is 0 Å². The summed E-state index contributed by atoms with van der Waals surface area (Å²) in [6, 6.07) is 22.9. The molecule has 4 rings (SSSR count). The van der Waals surface area contributed by atoms with Crippen LogP contribution in [0.25, 0.3) is 0 Å². The van der Waals surface area contributed by atoms with Gasteiger partial charge in [0.2, 0.25) is 0 Å². The molecule has 0 radical (unpaired) electrons. The molecule has 3 aromatic carbocycles. The van der Waals surface area contributed by atoms with Gasteiger partial charge >= 0.3 is 0 Å². The van der Waals surface area contributed by atoms with Gasteiger partial charge in [0.1, 0.15) is 5.75 Å². The summed E-state index contributed by atoms with van der Waals surface area (Å²) in [6.45, 7) is 0.829. The molecule has 0 saturated carbocycles. The molecule has 3 aromatic rings. The van der Waals surface area contributed by atoms with E-state index in [0.717, 1.165) is 23.7 Å². The lowest BCUT2D eigenvalue weighted by molar-refractivity contribution is 0.414. The van der Waals surface area contributed by atoms with E-state index in [1.165, 1.54) is 27.9 Å². The van der Waals surface area contributed by atoms with Gasteiger partial charge < -0.3 is 15.4 Å². The van der Waals surface area contributed by atoms with Crippen LogP contribution < -0.4 is 15.4 Å². The van der Waals surface area contributed by atoms with Crippen molar-refractivity contribution in [3.8, 4) is 5.75 Å². The van der Waals surface area contributed by atoms with Gasteiger partial charge in [0, 0.05) is 36.3 Å². The predicted octanol–water partition coefficient (Wildman–Crippen LogP) is 5.32. The lowest BCUT2D eigenvalue weighted by atomic mass is 9.93. The van der Waals surface area contributed by atoms with E-state index >= 15 is 0 Å². The molecule has 2 N–H and O–H groups in total. The molecular weight excluding hydrogens is 368 g/mol. The van der Waals surface area contributed by atoms with Gasteiger partial charge in [-0.25, -0.2) is 0 Å². The van der Waals surface area contributed by atoms with Gasteiger partial charge in [-0.05, 0) is 65.1 Å². The fourth-order valence-electron chi connectivity index (χ4n) is 4.06. The Morgan fingerprint density at radius 2 is 1.86 bits per heavy atom. The van der Waals surface area contributed by atoms with Crippen LogP contribution in [0.4, 0.5) is 5.69 Å².